The van der Waals surface area contributed by atoms with Crippen molar-refractivity contribution in [2.45, 2.75) is 32.8 Å². The van der Waals surface area contributed by atoms with Gasteiger partial charge in [0.05, 0.1) is 13.2 Å². The number of ether oxygens (including phenoxy) is 2. The van der Waals surface area contributed by atoms with Crippen molar-refractivity contribution in [1.29, 1.82) is 0 Å². The highest BCUT2D eigenvalue weighted by Crippen LogP contribution is 2.22. The Balaban J connectivity index is 2.02. The van der Waals surface area contributed by atoms with Gasteiger partial charge in [-0.05, 0) is 54.8 Å². The molecule has 2 rings (SSSR count). The molecule has 0 saturated heterocycles. The molecular weight excluding hydrogens is 304 g/mol. The van der Waals surface area contributed by atoms with Crippen molar-refractivity contribution in [1.82, 2.24) is 0 Å². The van der Waals surface area contributed by atoms with E-state index in [9.17, 15) is 9.90 Å². The monoisotopic (exact) mass is 328 g/mol. The van der Waals surface area contributed by atoms with Gasteiger partial charge >= 0.3 is 0 Å². The van der Waals surface area contributed by atoms with Gasteiger partial charge < -0.3 is 14.6 Å². The van der Waals surface area contributed by atoms with Gasteiger partial charge in [-0.25, -0.2) is 0 Å². The number of aliphatic hydroxyl groups excluding tert-OH is 1. The Morgan fingerprint density at radius 1 is 0.875 bits per heavy atom. The molecule has 4 heteroatoms. The minimum atomic E-state index is -1.19. The molecule has 0 aliphatic rings. The average molecular weight is 328 g/mol. The van der Waals surface area contributed by atoms with E-state index in [1.807, 2.05) is 13.8 Å². The second-order valence-electron chi connectivity index (χ2n) is 5.56. The first-order valence-electron chi connectivity index (χ1n) is 8.33. The molecule has 0 aromatic heterocycles. The van der Waals surface area contributed by atoms with E-state index >= 15 is 0 Å². The molecule has 0 saturated carbocycles. The lowest BCUT2D eigenvalue weighted by atomic mass is 10.00. The molecule has 0 spiro atoms. The molecule has 1 atom stereocenters. The number of carbonyl (C=O) groups is 1. The highest BCUT2D eigenvalue weighted by molar-refractivity contribution is 5.99. The first-order valence-corrected chi connectivity index (χ1v) is 8.33. The van der Waals surface area contributed by atoms with Crippen molar-refractivity contribution in [3.05, 3.63) is 59.7 Å². The van der Waals surface area contributed by atoms with E-state index in [1.165, 1.54) is 0 Å². The number of rotatable bonds is 9. The van der Waals surface area contributed by atoms with Gasteiger partial charge in [-0.2, -0.15) is 0 Å². The smallest absolute Gasteiger partial charge is 0.195 e. The molecule has 0 bridgehead atoms. The summed E-state index contributed by atoms with van der Waals surface area (Å²) < 4.78 is 11.0. The zero-order chi connectivity index (χ0) is 17.4. The van der Waals surface area contributed by atoms with Crippen LogP contribution in [0.4, 0.5) is 0 Å². The second-order valence-corrected chi connectivity index (χ2v) is 5.56. The van der Waals surface area contributed by atoms with E-state index in [2.05, 4.69) is 0 Å². The van der Waals surface area contributed by atoms with Gasteiger partial charge in [0.15, 0.2) is 5.78 Å². The number of benzene rings is 2. The Bertz CT molecular complexity index is 632. The van der Waals surface area contributed by atoms with E-state index in [0.717, 1.165) is 24.3 Å². The average Bonchev–Trinajstić information content (AvgIpc) is 2.64. The number of aliphatic hydroxyl groups is 1. The Labute approximate surface area is 143 Å². The Morgan fingerprint density at radius 2 is 1.33 bits per heavy atom. The van der Waals surface area contributed by atoms with Crippen LogP contribution in [0.5, 0.6) is 11.5 Å². The van der Waals surface area contributed by atoms with Gasteiger partial charge in [0.2, 0.25) is 0 Å². The fourth-order valence-electron chi connectivity index (χ4n) is 2.21. The molecule has 128 valence electrons. The largest absolute Gasteiger partial charge is 0.494 e. The van der Waals surface area contributed by atoms with Crippen LogP contribution in [0.15, 0.2) is 48.5 Å². The van der Waals surface area contributed by atoms with Gasteiger partial charge in [-0.15, -0.1) is 0 Å². The summed E-state index contributed by atoms with van der Waals surface area (Å²) in [6.07, 6.45) is 0.672. The van der Waals surface area contributed by atoms with E-state index in [-0.39, 0.29) is 5.78 Å². The van der Waals surface area contributed by atoms with Crippen molar-refractivity contribution < 1.29 is 19.4 Å². The number of ketones is 1. The van der Waals surface area contributed by atoms with E-state index in [1.54, 1.807) is 48.5 Å². The summed E-state index contributed by atoms with van der Waals surface area (Å²) in [6, 6.07) is 13.8. The standard InChI is InChI=1S/C20H24O4/c1-3-13-23-17-9-5-15(6-10-17)19(21)20(22)16-7-11-18(12-8-16)24-14-4-2/h5-12,19,21H,3-4,13-14H2,1-2H3. The molecule has 0 aliphatic carbocycles. The van der Waals surface area contributed by atoms with Crippen molar-refractivity contribution in [2.24, 2.45) is 0 Å². The summed E-state index contributed by atoms with van der Waals surface area (Å²) >= 11 is 0. The van der Waals surface area contributed by atoms with Crippen LogP contribution in [0, 0.1) is 0 Å². The Kier molecular flexibility index (Phi) is 6.82. The highest BCUT2D eigenvalue weighted by Gasteiger charge is 2.19. The molecule has 1 N–H and O–H groups in total. The van der Waals surface area contributed by atoms with Gasteiger partial charge in [-0.3, -0.25) is 4.79 Å². The fourth-order valence-corrected chi connectivity index (χ4v) is 2.21. The van der Waals surface area contributed by atoms with E-state index in [0.29, 0.717) is 24.3 Å². The van der Waals surface area contributed by atoms with Crippen molar-refractivity contribution in [3.63, 3.8) is 0 Å². The molecule has 1 unspecified atom stereocenters. The molecule has 0 aliphatic heterocycles. The Morgan fingerprint density at radius 3 is 1.79 bits per heavy atom. The number of hydrogen-bond acceptors (Lipinski definition) is 4. The second kappa shape index (κ2) is 9.08. The molecule has 0 radical (unpaired) electrons. The quantitative estimate of drug-likeness (QED) is 0.702. The predicted octanol–water partition coefficient (Wildman–Crippen LogP) is 4.18. The Hall–Kier alpha value is -2.33. The van der Waals surface area contributed by atoms with E-state index in [4.69, 9.17) is 9.47 Å². The van der Waals surface area contributed by atoms with Crippen molar-refractivity contribution in [2.75, 3.05) is 13.2 Å². The molecule has 0 fully saturated rings. The zero-order valence-electron chi connectivity index (χ0n) is 14.2. The normalized spacial score (nSPS) is 11.8. The SMILES string of the molecule is CCCOc1ccc(C(=O)C(O)c2ccc(OCCC)cc2)cc1. The van der Waals surface area contributed by atoms with Crippen LogP contribution >= 0.6 is 0 Å². The topological polar surface area (TPSA) is 55.8 Å². The van der Waals surface area contributed by atoms with Crippen LogP contribution < -0.4 is 9.47 Å². The van der Waals surface area contributed by atoms with Gasteiger partial charge in [0.1, 0.15) is 17.6 Å². The molecule has 2 aromatic carbocycles. The lowest BCUT2D eigenvalue weighted by Crippen LogP contribution is -2.12. The summed E-state index contributed by atoms with van der Waals surface area (Å²) in [4.78, 5) is 12.4. The molecule has 24 heavy (non-hydrogen) atoms. The summed E-state index contributed by atoms with van der Waals surface area (Å²) in [7, 11) is 0. The van der Waals surface area contributed by atoms with Crippen LogP contribution in [0.2, 0.25) is 0 Å². The van der Waals surface area contributed by atoms with Crippen molar-refractivity contribution in [3.8, 4) is 11.5 Å². The third-order valence-electron chi connectivity index (χ3n) is 3.53. The predicted molar refractivity (Wildman–Crippen MR) is 93.7 cm³/mol. The highest BCUT2D eigenvalue weighted by atomic mass is 16.5. The first kappa shape index (κ1) is 18.0. The third kappa shape index (κ3) is 4.83. The maximum absolute atomic E-state index is 12.4. The maximum Gasteiger partial charge on any atom is 0.195 e. The molecule has 0 amide bonds. The van der Waals surface area contributed by atoms with Crippen LogP contribution in [-0.4, -0.2) is 24.1 Å². The lowest BCUT2D eigenvalue weighted by Gasteiger charge is -2.12. The van der Waals surface area contributed by atoms with Crippen LogP contribution in [0.3, 0.4) is 0 Å². The van der Waals surface area contributed by atoms with Crippen LogP contribution in [0.25, 0.3) is 0 Å². The fraction of sp³-hybridized carbons (Fsp3) is 0.350. The van der Waals surface area contributed by atoms with E-state index < -0.39 is 6.10 Å². The van der Waals surface area contributed by atoms with Crippen LogP contribution in [-0.2, 0) is 0 Å². The number of carbonyl (C=O) groups excluding carboxylic acids is 1. The minimum Gasteiger partial charge on any atom is -0.494 e. The molecule has 0 heterocycles. The van der Waals surface area contributed by atoms with Gasteiger partial charge in [0, 0.05) is 5.56 Å². The van der Waals surface area contributed by atoms with Gasteiger partial charge in [0.25, 0.3) is 0 Å². The lowest BCUT2D eigenvalue weighted by molar-refractivity contribution is 0.0747. The third-order valence-corrected chi connectivity index (χ3v) is 3.53. The number of hydrogen-bond donors (Lipinski definition) is 1. The molecular formula is C20H24O4. The molecule has 2 aromatic rings. The maximum atomic E-state index is 12.4. The summed E-state index contributed by atoms with van der Waals surface area (Å²) in [5, 5.41) is 10.3. The van der Waals surface area contributed by atoms with Gasteiger partial charge in [-0.1, -0.05) is 26.0 Å². The van der Waals surface area contributed by atoms with Crippen LogP contribution in [0.1, 0.15) is 48.7 Å². The zero-order valence-corrected chi connectivity index (χ0v) is 14.2. The number of Topliss-reactive ketones (excluding diaryl/α,β-unsaturated/α-hetero) is 1. The summed E-state index contributed by atoms with van der Waals surface area (Å²) in [5.74, 6) is 1.12. The molecule has 4 nitrogen and oxygen atoms in total. The minimum absolute atomic E-state index is 0.334. The first-order chi connectivity index (χ1) is 11.7. The summed E-state index contributed by atoms with van der Waals surface area (Å²) in [5.41, 5.74) is 1.01. The summed E-state index contributed by atoms with van der Waals surface area (Å²) in [6.45, 7) is 5.36. The van der Waals surface area contributed by atoms with Crippen molar-refractivity contribution >= 4 is 5.78 Å².